The summed E-state index contributed by atoms with van der Waals surface area (Å²) < 4.78 is 51.2. The van der Waals surface area contributed by atoms with Crippen LogP contribution in [-0.2, 0) is 6.18 Å². The molecule has 0 radical (unpaired) electrons. The van der Waals surface area contributed by atoms with Crippen molar-refractivity contribution in [2.24, 2.45) is 5.92 Å². The Labute approximate surface area is 118 Å². The molecule has 1 aromatic rings. The van der Waals surface area contributed by atoms with E-state index in [1.54, 1.807) is 0 Å². The van der Waals surface area contributed by atoms with Crippen molar-refractivity contribution in [1.29, 1.82) is 0 Å². The van der Waals surface area contributed by atoms with Crippen LogP contribution in [0, 0.1) is 11.7 Å². The number of hydrogen-bond donors (Lipinski definition) is 1. The zero-order valence-electron chi connectivity index (χ0n) is 11.0. The molecule has 1 atom stereocenters. The van der Waals surface area contributed by atoms with Gasteiger partial charge in [-0.05, 0) is 18.4 Å². The Morgan fingerprint density at radius 2 is 2.10 bits per heavy atom. The predicted molar refractivity (Wildman–Crippen MR) is 66.2 cm³/mol. The fourth-order valence-corrected chi connectivity index (χ4v) is 2.46. The highest BCUT2D eigenvalue weighted by Crippen LogP contribution is 2.35. The van der Waals surface area contributed by atoms with Gasteiger partial charge in [-0.25, -0.2) is 14.2 Å². The quantitative estimate of drug-likeness (QED) is 0.873. The average molecular weight is 303 g/mol. The number of nitrogens with one attached hydrogen (secondary N) is 1. The van der Waals surface area contributed by atoms with Crippen molar-refractivity contribution >= 4 is 11.8 Å². The van der Waals surface area contributed by atoms with E-state index in [1.165, 1.54) is 0 Å². The van der Waals surface area contributed by atoms with Crippen molar-refractivity contribution in [3.05, 3.63) is 23.6 Å². The van der Waals surface area contributed by atoms with Crippen LogP contribution in [0.5, 0.6) is 0 Å². The molecule has 0 bridgehead atoms. The number of nitrogens with zero attached hydrogens (tertiary/aromatic N) is 2. The zero-order valence-corrected chi connectivity index (χ0v) is 11.0. The molecule has 3 rings (SSSR count). The van der Waals surface area contributed by atoms with Crippen LogP contribution >= 0.6 is 0 Å². The van der Waals surface area contributed by atoms with Gasteiger partial charge in [-0.1, -0.05) is 12.8 Å². The molecule has 1 aliphatic heterocycles. The maximum Gasteiger partial charge on any atom is 0.417 e. The molecule has 2 aliphatic rings. The first-order valence-electron chi connectivity index (χ1n) is 6.65. The lowest BCUT2D eigenvalue weighted by Gasteiger charge is -2.15. The number of carbonyl (C=O) groups is 1. The highest BCUT2D eigenvalue weighted by atomic mass is 19.4. The third-order valence-corrected chi connectivity index (χ3v) is 3.70. The lowest BCUT2D eigenvalue weighted by Crippen LogP contribution is -2.30. The van der Waals surface area contributed by atoms with Crippen LogP contribution in [-0.4, -0.2) is 23.6 Å². The topological polar surface area (TPSA) is 45.2 Å². The molecule has 0 spiro atoms. The van der Waals surface area contributed by atoms with Gasteiger partial charge in [0.1, 0.15) is 0 Å². The summed E-state index contributed by atoms with van der Waals surface area (Å²) >= 11 is 0. The second kappa shape index (κ2) is 4.85. The number of pyridine rings is 1. The Morgan fingerprint density at radius 1 is 1.38 bits per heavy atom. The SMILES string of the molecule is O=C1N[C@@H](CC2CC2)CN1c1ncc(C(F)(F)F)cc1F. The predicted octanol–water partition coefficient (Wildman–Crippen LogP) is 2.94. The summed E-state index contributed by atoms with van der Waals surface area (Å²) in [5.41, 5.74) is -1.17. The summed E-state index contributed by atoms with van der Waals surface area (Å²) in [5.74, 6) is -0.925. The maximum absolute atomic E-state index is 13.8. The number of halogens is 4. The average Bonchev–Trinajstić information content (AvgIpc) is 3.11. The van der Waals surface area contributed by atoms with Crippen LogP contribution in [0.25, 0.3) is 0 Å². The van der Waals surface area contributed by atoms with Gasteiger partial charge in [0, 0.05) is 18.8 Å². The molecule has 21 heavy (non-hydrogen) atoms. The maximum atomic E-state index is 13.8. The molecule has 2 amide bonds. The largest absolute Gasteiger partial charge is 0.417 e. The summed E-state index contributed by atoms with van der Waals surface area (Å²) in [4.78, 5) is 16.3. The van der Waals surface area contributed by atoms with E-state index < -0.39 is 23.6 Å². The molecule has 8 heteroatoms. The fraction of sp³-hybridized carbons (Fsp3) is 0.538. The third kappa shape index (κ3) is 2.93. The number of carbonyl (C=O) groups excluding carboxylic acids is 1. The van der Waals surface area contributed by atoms with E-state index in [4.69, 9.17) is 0 Å². The number of alkyl halides is 3. The van der Waals surface area contributed by atoms with Crippen LogP contribution in [0.1, 0.15) is 24.8 Å². The van der Waals surface area contributed by atoms with Gasteiger partial charge in [0.15, 0.2) is 11.6 Å². The molecule has 1 saturated heterocycles. The lowest BCUT2D eigenvalue weighted by molar-refractivity contribution is -0.138. The molecule has 1 saturated carbocycles. The fourth-order valence-electron chi connectivity index (χ4n) is 2.46. The molecule has 4 nitrogen and oxygen atoms in total. The third-order valence-electron chi connectivity index (χ3n) is 3.70. The first-order valence-corrected chi connectivity index (χ1v) is 6.65. The van der Waals surface area contributed by atoms with Crippen molar-refractivity contribution in [3.8, 4) is 0 Å². The molecule has 2 heterocycles. The van der Waals surface area contributed by atoms with Gasteiger partial charge in [0.2, 0.25) is 0 Å². The summed E-state index contributed by atoms with van der Waals surface area (Å²) in [6.45, 7) is 0.227. The Balaban J connectivity index is 1.78. The standard InChI is InChI=1S/C13H13F4N3O/c14-10-4-8(13(15,16)17)5-18-11(10)20-6-9(19-12(20)21)3-7-1-2-7/h4-5,7,9H,1-3,6H2,(H,19,21)/t9-/m0/s1. The van der Waals surface area contributed by atoms with E-state index >= 15 is 0 Å². The normalized spacial score (nSPS) is 22.6. The Morgan fingerprint density at radius 3 is 2.67 bits per heavy atom. The molecule has 1 N–H and O–H groups in total. The second-order valence-corrected chi connectivity index (χ2v) is 5.46. The summed E-state index contributed by atoms with van der Waals surface area (Å²) in [6, 6.07) is -0.260. The molecule has 2 fully saturated rings. The van der Waals surface area contributed by atoms with Crippen LogP contribution in [0.4, 0.5) is 28.2 Å². The minimum absolute atomic E-state index is 0.103. The molecular weight excluding hydrogens is 290 g/mol. The van der Waals surface area contributed by atoms with E-state index in [1.807, 2.05) is 0 Å². The number of urea groups is 1. The van der Waals surface area contributed by atoms with Crippen molar-refractivity contribution in [2.75, 3.05) is 11.4 Å². The van der Waals surface area contributed by atoms with Gasteiger partial charge in [-0.3, -0.25) is 4.90 Å². The summed E-state index contributed by atoms with van der Waals surface area (Å²) in [7, 11) is 0. The van der Waals surface area contributed by atoms with E-state index in [2.05, 4.69) is 10.3 Å². The van der Waals surface area contributed by atoms with Crippen molar-refractivity contribution in [1.82, 2.24) is 10.3 Å². The minimum atomic E-state index is -4.66. The molecule has 114 valence electrons. The van der Waals surface area contributed by atoms with Gasteiger partial charge >= 0.3 is 12.2 Å². The number of anilines is 1. The van der Waals surface area contributed by atoms with Crippen LogP contribution < -0.4 is 10.2 Å². The summed E-state index contributed by atoms with van der Waals surface area (Å²) in [6.07, 6.45) is -1.06. The molecule has 0 unspecified atom stereocenters. The first kappa shape index (κ1) is 14.1. The molecular formula is C13H13F4N3O. The van der Waals surface area contributed by atoms with E-state index in [0.717, 1.165) is 24.2 Å². The Bertz CT molecular complexity index is 571. The van der Waals surface area contributed by atoms with Gasteiger partial charge in [-0.2, -0.15) is 13.2 Å². The van der Waals surface area contributed by atoms with E-state index in [9.17, 15) is 22.4 Å². The van der Waals surface area contributed by atoms with Gasteiger partial charge in [0.05, 0.1) is 5.56 Å². The highest BCUT2D eigenvalue weighted by Gasteiger charge is 2.37. The van der Waals surface area contributed by atoms with Crippen molar-refractivity contribution < 1.29 is 22.4 Å². The Hall–Kier alpha value is -1.86. The lowest BCUT2D eigenvalue weighted by atomic mass is 10.1. The summed E-state index contributed by atoms with van der Waals surface area (Å²) in [5, 5.41) is 2.70. The highest BCUT2D eigenvalue weighted by molar-refractivity contribution is 5.93. The van der Waals surface area contributed by atoms with Crippen LogP contribution in [0.2, 0.25) is 0 Å². The Kier molecular flexibility index (Phi) is 3.26. The van der Waals surface area contributed by atoms with E-state index in [-0.39, 0.29) is 18.4 Å². The van der Waals surface area contributed by atoms with Crippen LogP contribution in [0.3, 0.4) is 0 Å². The number of amides is 2. The molecule has 0 aromatic carbocycles. The van der Waals surface area contributed by atoms with Crippen LogP contribution in [0.15, 0.2) is 12.3 Å². The van der Waals surface area contributed by atoms with Gasteiger partial charge in [0.25, 0.3) is 0 Å². The zero-order chi connectivity index (χ0) is 15.2. The van der Waals surface area contributed by atoms with Crippen molar-refractivity contribution in [3.63, 3.8) is 0 Å². The van der Waals surface area contributed by atoms with Gasteiger partial charge in [-0.15, -0.1) is 0 Å². The van der Waals surface area contributed by atoms with E-state index in [0.29, 0.717) is 18.2 Å². The smallest absolute Gasteiger partial charge is 0.333 e. The first-order chi connectivity index (χ1) is 9.84. The molecule has 1 aliphatic carbocycles. The van der Waals surface area contributed by atoms with Gasteiger partial charge < -0.3 is 5.32 Å². The second-order valence-electron chi connectivity index (χ2n) is 5.46. The monoisotopic (exact) mass is 303 g/mol. The number of aromatic nitrogens is 1. The number of rotatable bonds is 3. The minimum Gasteiger partial charge on any atom is -0.333 e. The number of hydrogen-bond acceptors (Lipinski definition) is 2. The molecule has 1 aromatic heterocycles. The van der Waals surface area contributed by atoms with Crippen molar-refractivity contribution in [2.45, 2.75) is 31.5 Å².